The highest BCUT2D eigenvalue weighted by atomic mass is 16.5. The van der Waals surface area contributed by atoms with Gasteiger partial charge in [0.25, 0.3) is 0 Å². The van der Waals surface area contributed by atoms with Crippen molar-refractivity contribution in [2.45, 2.75) is 6.42 Å². The molecule has 110 valence electrons. The molecule has 5 nitrogen and oxygen atoms in total. The van der Waals surface area contributed by atoms with Gasteiger partial charge in [0, 0.05) is 13.1 Å². The van der Waals surface area contributed by atoms with Crippen LogP contribution in [0.1, 0.15) is 6.42 Å². The van der Waals surface area contributed by atoms with Gasteiger partial charge in [-0.25, -0.2) is 9.59 Å². The fourth-order valence-corrected chi connectivity index (χ4v) is 1.65. The number of carbonyl (C=O) groups excluding carboxylic acids is 2. The number of esters is 2. The largest absolute Gasteiger partial charge is 0.466 e. The fraction of sp³-hybridized carbons (Fsp3) is 0.333. The zero-order valence-electron chi connectivity index (χ0n) is 12.1. The summed E-state index contributed by atoms with van der Waals surface area (Å²) in [6.07, 6.45) is 4.96. The number of methoxy groups -OCH3 is 2. The molecule has 5 heteroatoms. The Morgan fingerprint density at radius 2 is 1.45 bits per heavy atom. The molecule has 0 unspecified atom stereocenters. The first-order valence-electron chi connectivity index (χ1n) is 6.04. The maximum Gasteiger partial charge on any atom is 0.354 e. The highest BCUT2D eigenvalue weighted by Crippen LogP contribution is 2.18. The van der Waals surface area contributed by atoms with Gasteiger partial charge in [-0.15, -0.1) is 19.7 Å². The Hall–Kier alpha value is -2.30. The van der Waals surface area contributed by atoms with E-state index in [4.69, 9.17) is 9.47 Å². The molecule has 0 saturated carbocycles. The summed E-state index contributed by atoms with van der Waals surface area (Å²) < 4.78 is 9.48. The number of carbonyl (C=O) groups is 2. The Kier molecular flexibility index (Phi) is 8.50. The van der Waals surface area contributed by atoms with Crippen LogP contribution in [0.3, 0.4) is 0 Å². The van der Waals surface area contributed by atoms with Gasteiger partial charge >= 0.3 is 11.9 Å². The maximum absolute atomic E-state index is 12.0. The van der Waals surface area contributed by atoms with E-state index >= 15 is 0 Å². The summed E-state index contributed by atoms with van der Waals surface area (Å²) in [5.41, 5.74) is 0.331. The van der Waals surface area contributed by atoms with Gasteiger partial charge in [0.1, 0.15) is 5.70 Å². The third-order valence-corrected chi connectivity index (χ3v) is 2.46. The first-order chi connectivity index (χ1) is 9.56. The molecule has 0 aliphatic heterocycles. The van der Waals surface area contributed by atoms with Crippen molar-refractivity contribution in [3.8, 4) is 0 Å². The van der Waals surface area contributed by atoms with Crippen LogP contribution in [0.2, 0.25) is 0 Å². The van der Waals surface area contributed by atoms with Gasteiger partial charge in [0.15, 0.2) is 0 Å². The molecule has 0 N–H and O–H groups in total. The second-order valence-corrected chi connectivity index (χ2v) is 3.79. The molecule has 0 aromatic rings. The summed E-state index contributed by atoms with van der Waals surface area (Å²) >= 11 is 0. The van der Waals surface area contributed by atoms with E-state index in [9.17, 15) is 9.59 Å². The van der Waals surface area contributed by atoms with Gasteiger partial charge < -0.3 is 14.4 Å². The van der Waals surface area contributed by atoms with Crippen LogP contribution in [0.15, 0.2) is 49.2 Å². The van der Waals surface area contributed by atoms with Crippen LogP contribution in [0.25, 0.3) is 0 Å². The molecule has 0 aromatic heterocycles. The Labute approximate surface area is 119 Å². The zero-order valence-corrected chi connectivity index (χ0v) is 12.1. The molecule has 0 aliphatic rings. The van der Waals surface area contributed by atoms with Crippen molar-refractivity contribution >= 4 is 11.9 Å². The van der Waals surface area contributed by atoms with Gasteiger partial charge in [-0.3, -0.25) is 0 Å². The molecule has 0 spiro atoms. The molecule has 0 rings (SSSR count). The summed E-state index contributed by atoms with van der Waals surface area (Å²) in [5.74, 6) is -1.21. The quantitative estimate of drug-likeness (QED) is 0.366. The highest BCUT2D eigenvalue weighted by Gasteiger charge is 2.25. The summed E-state index contributed by atoms with van der Waals surface area (Å²) in [5, 5.41) is 0. The van der Waals surface area contributed by atoms with E-state index in [0.717, 1.165) is 0 Å². The van der Waals surface area contributed by atoms with Crippen molar-refractivity contribution in [2.75, 3.05) is 27.3 Å². The van der Waals surface area contributed by atoms with E-state index in [2.05, 4.69) is 19.7 Å². The maximum atomic E-state index is 12.0. The van der Waals surface area contributed by atoms with Crippen molar-refractivity contribution in [1.29, 1.82) is 0 Å². The van der Waals surface area contributed by atoms with Gasteiger partial charge in [0.05, 0.1) is 19.8 Å². The molecule has 0 heterocycles. The summed E-state index contributed by atoms with van der Waals surface area (Å²) in [6.45, 7) is 11.6. The van der Waals surface area contributed by atoms with Crippen LogP contribution in [-0.4, -0.2) is 44.1 Å². The van der Waals surface area contributed by atoms with E-state index in [1.807, 2.05) is 0 Å². The van der Waals surface area contributed by atoms with E-state index in [1.54, 1.807) is 17.1 Å². The van der Waals surface area contributed by atoms with E-state index in [0.29, 0.717) is 13.1 Å². The Balaban J connectivity index is 5.94. The number of allylic oxidation sites excluding steroid dienone is 1. The van der Waals surface area contributed by atoms with Gasteiger partial charge in [-0.1, -0.05) is 18.2 Å². The first-order valence-corrected chi connectivity index (χ1v) is 6.04. The minimum Gasteiger partial charge on any atom is -0.466 e. The summed E-state index contributed by atoms with van der Waals surface area (Å²) in [7, 11) is 2.51. The Morgan fingerprint density at radius 3 is 1.80 bits per heavy atom. The lowest BCUT2D eigenvalue weighted by Gasteiger charge is -2.25. The second kappa shape index (κ2) is 9.61. The third-order valence-electron chi connectivity index (χ3n) is 2.46. The summed E-state index contributed by atoms with van der Waals surface area (Å²) in [6, 6.07) is 0. The van der Waals surface area contributed by atoms with Crippen molar-refractivity contribution < 1.29 is 19.1 Å². The number of ether oxygens (including phenoxy) is 2. The van der Waals surface area contributed by atoms with E-state index in [-0.39, 0.29) is 17.7 Å². The lowest BCUT2D eigenvalue weighted by atomic mass is 10.1. The smallest absolute Gasteiger partial charge is 0.354 e. The zero-order chi connectivity index (χ0) is 15.5. The predicted molar refractivity (Wildman–Crippen MR) is 77.8 cm³/mol. The van der Waals surface area contributed by atoms with Crippen LogP contribution < -0.4 is 0 Å². The molecule has 0 radical (unpaired) electrons. The monoisotopic (exact) mass is 279 g/mol. The number of hydrogen-bond acceptors (Lipinski definition) is 5. The van der Waals surface area contributed by atoms with Crippen molar-refractivity contribution in [1.82, 2.24) is 4.90 Å². The average Bonchev–Trinajstić information content (AvgIpc) is 2.45. The molecular formula is C15H21NO4. The number of nitrogens with zero attached hydrogens (tertiary/aromatic N) is 1. The van der Waals surface area contributed by atoms with Crippen molar-refractivity contribution in [3.63, 3.8) is 0 Å². The van der Waals surface area contributed by atoms with Gasteiger partial charge in [-0.2, -0.15) is 0 Å². The minimum absolute atomic E-state index is 0.138. The predicted octanol–water partition coefficient (Wildman–Crippen LogP) is 1.84. The standard InChI is InChI=1S/C15H21NO4/c1-6-9-12(14(17)19-4)13(15(18)20-5)16(10-7-2)11-8-3/h6-8H,1-3,9-11H2,4-5H3/b13-12+. The second-order valence-electron chi connectivity index (χ2n) is 3.79. The van der Waals surface area contributed by atoms with Gasteiger partial charge in [-0.05, 0) is 6.42 Å². The van der Waals surface area contributed by atoms with E-state index in [1.165, 1.54) is 20.3 Å². The average molecular weight is 279 g/mol. The highest BCUT2D eigenvalue weighted by molar-refractivity contribution is 6.00. The molecule has 0 bridgehead atoms. The number of hydrogen-bond donors (Lipinski definition) is 0. The van der Waals surface area contributed by atoms with Crippen LogP contribution >= 0.6 is 0 Å². The molecule has 0 amide bonds. The summed E-state index contributed by atoms with van der Waals surface area (Å²) in [4.78, 5) is 25.5. The van der Waals surface area contributed by atoms with Crippen molar-refractivity contribution in [3.05, 3.63) is 49.2 Å². The van der Waals surface area contributed by atoms with E-state index < -0.39 is 11.9 Å². The first kappa shape index (κ1) is 17.7. The van der Waals surface area contributed by atoms with Crippen LogP contribution in [0.4, 0.5) is 0 Å². The molecule has 0 aliphatic carbocycles. The lowest BCUT2D eigenvalue weighted by Crippen LogP contribution is -2.32. The number of rotatable bonds is 9. The Bertz CT molecular complexity index is 414. The molecule has 0 aromatic carbocycles. The van der Waals surface area contributed by atoms with Crippen LogP contribution in [-0.2, 0) is 19.1 Å². The molecular weight excluding hydrogens is 258 g/mol. The minimum atomic E-state index is -0.615. The SMILES string of the molecule is C=CC/C(C(=O)OC)=C(/C(=O)OC)N(CC=C)CC=C. The van der Waals surface area contributed by atoms with Crippen LogP contribution in [0.5, 0.6) is 0 Å². The normalized spacial score (nSPS) is 10.9. The molecule has 0 saturated heterocycles. The van der Waals surface area contributed by atoms with Crippen molar-refractivity contribution in [2.24, 2.45) is 0 Å². The Morgan fingerprint density at radius 1 is 0.950 bits per heavy atom. The molecule has 0 atom stereocenters. The van der Waals surface area contributed by atoms with Gasteiger partial charge in [0.2, 0.25) is 0 Å². The molecule has 0 fully saturated rings. The van der Waals surface area contributed by atoms with Crippen LogP contribution in [0, 0.1) is 0 Å². The topological polar surface area (TPSA) is 55.8 Å². The third kappa shape index (κ3) is 4.76. The lowest BCUT2D eigenvalue weighted by molar-refractivity contribution is -0.140. The fourth-order valence-electron chi connectivity index (χ4n) is 1.65. The molecule has 20 heavy (non-hydrogen) atoms.